The zero-order chi connectivity index (χ0) is 41.9. The van der Waals surface area contributed by atoms with Crippen LogP contribution >= 0.6 is 0 Å². The number of aryl methyl sites for hydroxylation is 1. The molecule has 3 fully saturated rings. The molecule has 1 amide bonds. The molecule has 3 saturated heterocycles. The maximum atomic E-state index is 14.5. The van der Waals surface area contributed by atoms with Crippen LogP contribution in [-0.2, 0) is 44.6 Å². The van der Waals surface area contributed by atoms with Crippen LogP contribution in [0, 0.1) is 23.7 Å². The van der Waals surface area contributed by atoms with Crippen molar-refractivity contribution in [1.29, 1.82) is 0 Å². The number of rotatable bonds is 11. The number of imidazole rings is 1. The van der Waals surface area contributed by atoms with Gasteiger partial charge in [-0.3, -0.25) is 14.6 Å². The molecule has 3 aliphatic heterocycles. The Hall–Kier alpha value is -3.43. The van der Waals surface area contributed by atoms with E-state index in [1.165, 1.54) is 0 Å². The molecule has 0 unspecified atom stereocenters. The van der Waals surface area contributed by atoms with E-state index in [1.54, 1.807) is 58.6 Å². The van der Waals surface area contributed by atoms with Crippen LogP contribution in [0.4, 0.5) is 4.79 Å². The SMILES string of the molecule is CC[C@H]1OC(=O)[C@H](C)[C@@H](O[C@H]2C[C@@](C)(OC)[C@@H](O)[C@H](C)O2)[C@H](C)C[C@](C)(OC)C[C@@H](C)C(=O)[C@H](C)[C@H]2N(CCCCn3cnc(-c4cccnc4)c3)C(=O)O[C@]12C. The molecule has 2 aromatic heterocycles. The first-order valence-corrected chi connectivity index (χ1v) is 20.7. The van der Waals surface area contributed by atoms with Gasteiger partial charge in [0.2, 0.25) is 0 Å². The van der Waals surface area contributed by atoms with Crippen molar-refractivity contribution in [3.8, 4) is 11.3 Å². The van der Waals surface area contributed by atoms with Gasteiger partial charge in [0.25, 0.3) is 0 Å². The number of amides is 1. The van der Waals surface area contributed by atoms with Gasteiger partial charge in [-0.1, -0.05) is 27.7 Å². The topological polar surface area (TPSA) is 161 Å². The number of carbonyl (C=O) groups excluding carboxylic acids is 3. The molecule has 0 spiro atoms. The van der Waals surface area contributed by atoms with E-state index in [4.69, 9.17) is 28.4 Å². The van der Waals surface area contributed by atoms with Crippen LogP contribution in [0.2, 0.25) is 0 Å². The Kier molecular flexibility index (Phi) is 14.3. The van der Waals surface area contributed by atoms with Crippen molar-refractivity contribution in [2.75, 3.05) is 20.8 Å². The van der Waals surface area contributed by atoms with Gasteiger partial charge in [-0.25, -0.2) is 9.78 Å². The fraction of sp³-hybridized carbons (Fsp3) is 0.744. The number of aromatic nitrogens is 3. The van der Waals surface area contributed by atoms with Gasteiger partial charge in [0.15, 0.2) is 11.9 Å². The van der Waals surface area contributed by atoms with E-state index in [-0.39, 0.29) is 18.1 Å². The lowest BCUT2D eigenvalue weighted by atomic mass is 9.74. The Balaban J connectivity index is 1.41. The quantitative estimate of drug-likeness (QED) is 0.202. The van der Waals surface area contributed by atoms with Gasteiger partial charge in [0.1, 0.15) is 18.0 Å². The Morgan fingerprint density at radius 1 is 0.965 bits per heavy atom. The number of pyridine rings is 1. The zero-order valence-corrected chi connectivity index (χ0v) is 35.8. The van der Waals surface area contributed by atoms with E-state index in [0.717, 1.165) is 17.7 Å². The third kappa shape index (κ3) is 9.56. The van der Waals surface area contributed by atoms with Crippen molar-refractivity contribution in [2.24, 2.45) is 23.7 Å². The van der Waals surface area contributed by atoms with Crippen LogP contribution in [0.25, 0.3) is 11.3 Å². The molecule has 0 aromatic carbocycles. The molecule has 13 atom stereocenters. The number of hydrogen-bond donors (Lipinski definition) is 1. The van der Waals surface area contributed by atoms with Gasteiger partial charge in [0, 0.05) is 69.7 Å². The molecule has 3 aliphatic rings. The lowest BCUT2D eigenvalue weighted by Gasteiger charge is -2.46. The number of esters is 1. The number of ether oxygens (including phenoxy) is 6. The van der Waals surface area contributed by atoms with E-state index in [0.29, 0.717) is 38.8 Å². The van der Waals surface area contributed by atoms with Crippen LogP contribution in [0.15, 0.2) is 37.1 Å². The molecule has 0 radical (unpaired) electrons. The molecule has 5 rings (SSSR count). The summed E-state index contributed by atoms with van der Waals surface area (Å²) >= 11 is 0. The maximum absolute atomic E-state index is 14.5. The average Bonchev–Trinajstić information content (AvgIpc) is 3.76. The smallest absolute Gasteiger partial charge is 0.410 e. The molecule has 0 saturated carbocycles. The highest BCUT2D eigenvalue weighted by atomic mass is 16.7. The first-order valence-electron chi connectivity index (χ1n) is 20.7. The summed E-state index contributed by atoms with van der Waals surface area (Å²) in [4.78, 5) is 53.1. The summed E-state index contributed by atoms with van der Waals surface area (Å²) in [6, 6.07) is 3.14. The third-order valence-electron chi connectivity index (χ3n) is 13.0. The van der Waals surface area contributed by atoms with Crippen LogP contribution < -0.4 is 0 Å². The number of Topliss-reactive ketones (excluding diaryl/α,β-unsaturated/α-hetero) is 1. The molecular formula is C43H66N4O10. The predicted octanol–water partition coefficient (Wildman–Crippen LogP) is 6.23. The van der Waals surface area contributed by atoms with E-state index < -0.39 is 83.4 Å². The number of unbranched alkanes of at least 4 members (excludes halogenated alkanes) is 1. The Morgan fingerprint density at radius 3 is 2.33 bits per heavy atom. The van der Waals surface area contributed by atoms with Gasteiger partial charge in [-0.05, 0) is 84.8 Å². The molecule has 318 valence electrons. The molecular weight excluding hydrogens is 732 g/mol. The second-order valence-electron chi connectivity index (χ2n) is 17.4. The number of hydrogen-bond acceptors (Lipinski definition) is 12. The van der Waals surface area contributed by atoms with E-state index in [2.05, 4.69) is 9.97 Å². The number of aliphatic hydroxyl groups excluding tert-OH is 1. The van der Waals surface area contributed by atoms with Gasteiger partial charge < -0.3 is 43.0 Å². The van der Waals surface area contributed by atoms with Crippen molar-refractivity contribution in [1.82, 2.24) is 19.4 Å². The number of fused-ring (bicyclic) bond motifs is 1. The molecule has 1 N–H and O–H groups in total. The van der Waals surface area contributed by atoms with E-state index in [9.17, 15) is 19.5 Å². The highest BCUT2D eigenvalue weighted by Crippen LogP contribution is 2.43. The summed E-state index contributed by atoms with van der Waals surface area (Å²) in [6.07, 6.45) is 5.80. The largest absolute Gasteiger partial charge is 0.458 e. The predicted molar refractivity (Wildman–Crippen MR) is 212 cm³/mol. The molecule has 0 bridgehead atoms. The van der Waals surface area contributed by atoms with Gasteiger partial charge in [-0.2, -0.15) is 0 Å². The van der Waals surface area contributed by atoms with Crippen molar-refractivity contribution in [3.05, 3.63) is 37.1 Å². The lowest BCUT2D eigenvalue weighted by molar-refractivity contribution is -0.296. The normalized spacial score (nSPS) is 38.3. The summed E-state index contributed by atoms with van der Waals surface area (Å²) < 4.78 is 39.3. The van der Waals surface area contributed by atoms with Crippen molar-refractivity contribution < 1.29 is 47.9 Å². The number of cyclic esters (lactones) is 1. The van der Waals surface area contributed by atoms with E-state index >= 15 is 0 Å². The molecule has 14 heteroatoms. The Labute approximate surface area is 338 Å². The molecule has 5 heterocycles. The summed E-state index contributed by atoms with van der Waals surface area (Å²) in [5, 5.41) is 10.9. The van der Waals surface area contributed by atoms with Crippen molar-refractivity contribution in [2.45, 2.75) is 161 Å². The molecule has 57 heavy (non-hydrogen) atoms. The molecule has 0 aliphatic carbocycles. The van der Waals surface area contributed by atoms with Gasteiger partial charge in [0.05, 0.1) is 47.4 Å². The van der Waals surface area contributed by atoms with Crippen molar-refractivity contribution >= 4 is 17.8 Å². The molecule has 2 aromatic rings. The maximum Gasteiger partial charge on any atom is 0.410 e. The first-order chi connectivity index (χ1) is 26.9. The first kappa shape index (κ1) is 44.7. The fourth-order valence-electron chi connectivity index (χ4n) is 9.61. The van der Waals surface area contributed by atoms with Gasteiger partial charge in [-0.15, -0.1) is 0 Å². The standard InChI is InChI=1S/C43H66N4O10/c1-12-33-43(9)37(47(40(51)57-43)19-14-13-18-46-24-32(45-25-46)31-16-15-17-44-23-31)28(4)35(48)26(2)20-41(7,52-10)21-27(3)36(29(5)39(50)55-33)56-34-22-42(8,53-11)38(49)30(6)54-34/h15-17,23-30,33-34,36-38,49H,12-14,18-22H2,1-11H3/t26-,27-,28+,29-,30+,33-,34+,36+,37-,38+,41-,42-,43-/m1/s1. The second kappa shape index (κ2) is 18.2. The zero-order valence-electron chi connectivity index (χ0n) is 35.8. The van der Waals surface area contributed by atoms with Crippen LogP contribution in [-0.4, -0.2) is 117 Å². The number of carbonyl (C=O) groups is 3. The van der Waals surface area contributed by atoms with Crippen LogP contribution in [0.1, 0.15) is 101 Å². The minimum Gasteiger partial charge on any atom is -0.458 e. The number of aliphatic hydroxyl groups is 1. The summed E-state index contributed by atoms with van der Waals surface area (Å²) in [5.41, 5.74) is -1.25. The van der Waals surface area contributed by atoms with Crippen LogP contribution in [0.5, 0.6) is 0 Å². The Bertz CT molecular complexity index is 1680. The highest BCUT2D eigenvalue weighted by molar-refractivity contribution is 5.85. The number of nitrogens with zero attached hydrogens (tertiary/aromatic N) is 4. The Morgan fingerprint density at radius 2 is 1.68 bits per heavy atom. The fourth-order valence-corrected chi connectivity index (χ4v) is 9.61. The average molecular weight is 799 g/mol. The monoisotopic (exact) mass is 798 g/mol. The summed E-state index contributed by atoms with van der Waals surface area (Å²) in [6.45, 7) is 17.8. The summed E-state index contributed by atoms with van der Waals surface area (Å²) in [5.74, 6) is -2.62. The van der Waals surface area contributed by atoms with Crippen molar-refractivity contribution in [3.63, 3.8) is 0 Å². The second-order valence-corrected chi connectivity index (χ2v) is 17.4. The van der Waals surface area contributed by atoms with E-state index in [1.807, 2.05) is 64.4 Å². The minimum absolute atomic E-state index is 0.0202. The van der Waals surface area contributed by atoms with Crippen LogP contribution in [0.3, 0.4) is 0 Å². The summed E-state index contributed by atoms with van der Waals surface area (Å²) in [7, 11) is 3.19. The minimum atomic E-state index is -1.33. The highest BCUT2D eigenvalue weighted by Gasteiger charge is 2.60. The molecule has 14 nitrogen and oxygen atoms in total. The number of ketones is 1. The van der Waals surface area contributed by atoms with Gasteiger partial charge >= 0.3 is 12.1 Å². The number of methoxy groups -OCH3 is 2. The lowest BCUT2D eigenvalue weighted by Crippen LogP contribution is -2.58. The third-order valence-corrected chi connectivity index (χ3v) is 13.0.